The van der Waals surface area contributed by atoms with Crippen LogP contribution in [-0.2, 0) is 20.5 Å². The molecule has 0 spiro atoms. The molecule has 154 valence electrons. The lowest BCUT2D eigenvalue weighted by atomic mass is 9.92. The highest BCUT2D eigenvalue weighted by Crippen LogP contribution is 2.29. The van der Waals surface area contributed by atoms with Crippen LogP contribution < -0.4 is 5.32 Å². The summed E-state index contributed by atoms with van der Waals surface area (Å²) >= 11 is 0. The number of rotatable bonds is 5. The van der Waals surface area contributed by atoms with E-state index in [9.17, 15) is 27.6 Å². The Kier molecular flexibility index (Phi) is 7.04. The Morgan fingerprint density at radius 1 is 1.11 bits per heavy atom. The van der Waals surface area contributed by atoms with Crippen molar-refractivity contribution >= 4 is 17.8 Å². The number of carbonyl (C=O) groups excluding carboxylic acids is 3. The molecule has 1 aromatic carbocycles. The highest BCUT2D eigenvalue weighted by Gasteiger charge is 2.30. The van der Waals surface area contributed by atoms with E-state index in [0.717, 1.165) is 30.7 Å². The molecule has 1 N–H and O–H groups in total. The van der Waals surface area contributed by atoms with Gasteiger partial charge in [-0.15, -0.1) is 0 Å². The van der Waals surface area contributed by atoms with Gasteiger partial charge < -0.3 is 15.0 Å². The zero-order valence-corrected chi connectivity index (χ0v) is 15.7. The van der Waals surface area contributed by atoms with Gasteiger partial charge in [-0.1, -0.05) is 13.8 Å². The molecule has 6 nitrogen and oxygen atoms in total. The summed E-state index contributed by atoms with van der Waals surface area (Å²) in [6, 6.07) is 3.61. The number of benzene rings is 1. The first kappa shape index (κ1) is 21.7. The highest BCUT2D eigenvalue weighted by atomic mass is 19.4. The Balaban J connectivity index is 1.76. The summed E-state index contributed by atoms with van der Waals surface area (Å²) in [6.07, 6.45) is -3.45. The highest BCUT2D eigenvalue weighted by molar-refractivity contribution is 5.96. The van der Waals surface area contributed by atoms with Gasteiger partial charge in [0.05, 0.1) is 5.56 Å². The van der Waals surface area contributed by atoms with Gasteiger partial charge in [-0.3, -0.25) is 14.4 Å². The van der Waals surface area contributed by atoms with Crippen LogP contribution in [0.5, 0.6) is 0 Å². The number of nitrogens with zero attached hydrogens (tertiary/aromatic N) is 1. The van der Waals surface area contributed by atoms with Crippen LogP contribution in [-0.4, -0.2) is 48.9 Å². The zero-order chi connectivity index (χ0) is 20.9. The fourth-order valence-corrected chi connectivity index (χ4v) is 3.22. The Labute approximate surface area is 161 Å². The number of esters is 1. The molecule has 2 atom stereocenters. The van der Waals surface area contributed by atoms with Gasteiger partial charge in [0.1, 0.15) is 6.54 Å². The smallest absolute Gasteiger partial charge is 0.416 e. The van der Waals surface area contributed by atoms with E-state index in [1.54, 1.807) is 4.90 Å². The van der Waals surface area contributed by atoms with Crippen molar-refractivity contribution in [3.05, 3.63) is 35.4 Å². The largest absolute Gasteiger partial charge is 0.454 e. The van der Waals surface area contributed by atoms with Crippen molar-refractivity contribution in [2.24, 2.45) is 11.8 Å². The second-order valence-electron chi connectivity index (χ2n) is 7.16. The molecule has 2 rings (SSSR count). The van der Waals surface area contributed by atoms with E-state index in [4.69, 9.17) is 4.74 Å². The van der Waals surface area contributed by atoms with Gasteiger partial charge in [0, 0.05) is 18.7 Å². The van der Waals surface area contributed by atoms with Crippen LogP contribution in [0.4, 0.5) is 13.2 Å². The topological polar surface area (TPSA) is 75.7 Å². The van der Waals surface area contributed by atoms with E-state index in [1.807, 2.05) is 0 Å². The van der Waals surface area contributed by atoms with Crippen LogP contribution in [0, 0.1) is 11.8 Å². The van der Waals surface area contributed by atoms with E-state index in [1.165, 1.54) is 0 Å². The van der Waals surface area contributed by atoms with Crippen LogP contribution in [0.2, 0.25) is 0 Å². The van der Waals surface area contributed by atoms with Crippen LogP contribution in [0.25, 0.3) is 0 Å². The van der Waals surface area contributed by atoms with Crippen LogP contribution in [0.15, 0.2) is 24.3 Å². The standard InChI is InChI=1S/C19H23F3N2O4/c1-12-7-13(2)10-24(9-12)16(25)11-28-17(26)8-23-18(27)14-3-5-15(6-4-14)19(20,21)22/h3-6,12-13H,7-11H2,1-2H3,(H,23,27)/t12-,13-/m1/s1. The lowest BCUT2D eigenvalue weighted by Crippen LogP contribution is -2.44. The number of alkyl halides is 3. The van der Waals surface area contributed by atoms with E-state index in [-0.39, 0.29) is 11.5 Å². The molecular weight excluding hydrogens is 377 g/mol. The molecule has 1 aliphatic heterocycles. The predicted molar refractivity (Wildman–Crippen MR) is 94.3 cm³/mol. The molecule has 1 aliphatic rings. The summed E-state index contributed by atoms with van der Waals surface area (Å²) in [5, 5.41) is 2.25. The number of hydrogen-bond acceptors (Lipinski definition) is 4. The zero-order valence-electron chi connectivity index (χ0n) is 15.7. The van der Waals surface area contributed by atoms with Crippen molar-refractivity contribution in [1.82, 2.24) is 10.2 Å². The molecule has 1 aromatic rings. The maximum atomic E-state index is 12.5. The summed E-state index contributed by atoms with van der Waals surface area (Å²) in [7, 11) is 0. The SMILES string of the molecule is C[C@@H]1C[C@@H](C)CN(C(=O)COC(=O)CNC(=O)c2ccc(C(F)(F)F)cc2)C1. The fourth-order valence-electron chi connectivity index (χ4n) is 3.22. The lowest BCUT2D eigenvalue weighted by molar-refractivity contribution is -0.152. The van der Waals surface area contributed by atoms with E-state index in [2.05, 4.69) is 19.2 Å². The van der Waals surface area contributed by atoms with Crippen LogP contribution in [0.1, 0.15) is 36.2 Å². The molecule has 1 fully saturated rings. The van der Waals surface area contributed by atoms with Gasteiger partial charge in [-0.2, -0.15) is 13.2 Å². The number of ether oxygens (including phenoxy) is 1. The predicted octanol–water partition coefficient (Wildman–Crippen LogP) is 2.48. The van der Waals surface area contributed by atoms with Crippen molar-refractivity contribution in [2.75, 3.05) is 26.2 Å². The van der Waals surface area contributed by atoms with Crippen LogP contribution in [0.3, 0.4) is 0 Å². The Hall–Kier alpha value is -2.58. The van der Waals surface area contributed by atoms with Gasteiger partial charge in [0.15, 0.2) is 6.61 Å². The van der Waals surface area contributed by atoms with E-state index >= 15 is 0 Å². The van der Waals surface area contributed by atoms with Crippen molar-refractivity contribution in [2.45, 2.75) is 26.4 Å². The second-order valence-corrected chi connectivity index (χ2v) is 7.16. The Morgan fingerprint density at radius 3 is 2.21 bits per heavy atom. The quantitative estimate of drug-likeness (QED) is 0.771. The van der Waals surface area contributed by atoms with Crippen LogP contribution >= 0.6 is 0 Å². The van der Waals surface area contributed by atoms with Crippen molar-refractivity contribution in [1.29, 1.82) is 0 Å². The summed E-state index contributed by atoms with van der Waals surface area (Å²) in [4.78, 5) is 37.4. The molecular formula is C19H23F3N2O4. The van der Waals surface area contributed by atoms with E-state index in [0.29, 0.717) is 24.9 Å². The minimum absolute atomic E-state index is 0.0202. The lowest BCUT2D eigenvalue weighted by Gasteiger charge is -2.34. The van der Waals surface area contributed by atoms with Gasteiger partial charge in [-0.05, 0) is 42.5 Å². The van der Waals surface area contributed by atoms with Crippen molar-refractivity contribution in [3.63, 3.8) is 0 Å². The number of likely N-dealkylation sites (tertiary alicyclic amines) is 1. The van der Waals surface area contributed by atoms with Gasteiger partial charge >= 0.3 is 12.1 Å². The molecule has 0 saturated carbocycles. The molecule has 0 aromatic heterocycles. The number of halogens is 3. The number of hydrogen-bond donors (Lipinski definition) is 1. The molecule has 9 heteroatoms. The molecule has 1 saturated heterocycles. The maximum absolute atomic E-state index is 12.5. The number of carbonyl (C=O) groups is 3. The molecule has 1 heterocycles. The average molecular weight is 400 g/mol. The van der Waals surface area contributed by atoms with Gasteiger partial charge in [0.2, 0.25) is 0 Å². The first-order chi connectivity index (χ1) is 13.1. The summed E-state index contributed by atoms with van der Waals surface area (Å²) < 4.78 is 42.4. The third kappa shape index (κ3) is 6.24. The monoisotopic (exact) mass is 400 g/mol. The molecule has 0 radical (unpaired) electrons. The van der Waals surface area contributed by atoms with Gasteiger partial charge in [-0.25, -0.2) is 0 Å². The first-order valence-electron chi connectivity index (χ1n) is 8.95. The summed E-state index contributed by atoms with van der Waals surface area (Å²) in [6.45, 7) is 4.45. The maximum Gasteiger partial charge on any atom is 0.416 e. The first-order valence-corrected chi connectivity index (χ1v) is 8.95. The second kappa shape index (κ2) is 9.07. The van der Waals surface area contributed by atoms with E-state index < -0.39 is 36.8 Å². The number of nitrogens with one attached hydrogen (secondary N) is 1. The average Bonchev–Trinajstić information content (AvgIpc) is 2.62. The third-order valence-corrected chi connectivity index (χ3v) is 4.45. The molecule has 0 bridgehead atoms. The van der Waals surface area contributed by atoms with Crippen molar-refractivity contribution in [3.8, 4) is 0 Å². The summed E-state index contributed by atoms with van der Waals surface area (Å²) in [5.74, 6) is -1.04. The molecule has 0 unspecified atom stereocenters. The third-order valence-electron chi connectivity index (χ3n) is 4.45. The fraction of sp³-hybridized carbons (Fsp3) is 0.526. The number of amides is 2. The summed E-state index contributed by atoms with van der Waals surface area (Å²) in [5.41, 5.74) is -0.892. The normalized spacial score (nSPS) is 19.8. The molecule has 0 aliphatic carbocycles. The molecule has 28 heavy (non-hydrogen) atoms. The minimum Gasteiger partial charge on any atom is -0.454 e. The minimum atomic E-state index is -4.49. The molecule has 2 amide bonds. The van der Waals surface area contributed by atoms with Crippen molar-refractivity contribution < 1.29 is 32.3 Å². The number of piperidine rings is 1. The van der Waals surface area contributed by atoms with Gasteiger partial charge in [0.25, 0.3) is 11.8 Å². The Morgan fingerprint density at radius 2 is 1.68 bits per heavy atom. The Bertz CT molecular complexity index is 709.